The highest BCUT2D eigenvalue weighted by Gasteiger charge is 2.47. The molecule has 1 saturated heterocycles. The van der Waals surface area contributed by atoms with E-state index in [1.54, 1.807) is 6.07 Å². The molecular weight excluding hydrogens is 321 g/mol. The van der Waals surface area contributed by atoms with E-state index in [1.165, 1.54) is 0 Å². The Morgan fingerprint density at radius 1 is 1.27 bits per heavy atom. The number of nitriles is 1. The van der Waals surface area contributed by atoms with Crippen LogP contribution in [0.3, 0.4) is 0 Å². The van der Waals surface area contributed by atoms with Crippen molar-refractivity contribution in [1.82, 2.24) is 4.90 Å². The molecule has 2 heterocycles. The molecule has 5 nitrogen and oxygen atoms in total. The molecule has 2 unspecified atom stereocenters. The average molecular weight is 330 g/mol. The lowest BCUT2D eigenvalue weighted by molar-refractivity contribution is 0.0690. The molecule has 116 valence electrons. The molecule has 2 atom stereocenters. The van der Waals surface area contributed by atoms with Gasteiger partial charge in [-0.1, -0.05) is 0 Å². The zero-order chi connectivity index (χ0) is 16.2. The number of nitrogens with zero attached hydrogens (tertiary/aromatic N) is 2. The second kappa shape index (κ2) is 4.71. The molecule has 1 fully saturated rings. The number of hydrogen-bond acceptors (Lipinski definition) is 4. The summed E-state index contributed by atoms with van der Waals surface area (Å²) in [7, 11) is -3.35. The molecule has 1 amide bonds. The van der Waals surface area contributed by atoms with Gasteiger partial charge in [0.25, 0.3) is 5.91 Å². The molecule has 0 radical (unpaired) electrons. The van der Waals surface area contributed by atoms with Crippen LogP contribution in [0, 0.1) is 28.8 Å². The van der Waals surface area contributed by atoms with E-state index >= 15 is 0 Å². The van der Waals surface area contributed by atoms with Crippen molar-refractivity contribution in [1.29, 1.82) is 5.26 Å². The van der Waals surface area contributed by atoms with Crippen LogP contribution >= 0.6 is 0 Å². The molecule has 0 N–H and O–H groups in total. The summed E-state index contributed by atoms with van der Waals surface area (Å²) in [6, 6.07) is 0.213. The van der Waals surface area contributed by atoms with Crippen LogP contribution in [-0.4, -0.2) is 36.8 Å². The third kappa shape index (κ3) is 1.98. The van der Waals surface area contributed by atoms with Gasteiger partial charge in [-0.25, -0.2) is 21.6 Å². The summed E-state index contributed by atoms with van der Waals surface area (Å²) >= 11 is 0. The Morgan fingerprint density at radius 3 is 2.50 bits per heavy atom. The van der Waals surface area contributed by atoms with Gasteiger partial charge in [0, 0.05) is 11.6 Å². The maximum absolute atomic E-state index is 13.8. The minimum atomic E-state index is -3.35. The lowest BCUT2D eigenvalue weighted by Crippen LogP contribution is -2.38. The predicted octanol–water partition coefficient (Wildman–Crippen LogP) is 1.31. The number of sulfone groups is 1. The molecule has 0 saturated carbocycles. The quantitative estimate of drug-likeness (QED) is 0.728. The van der Waals surface area contributed by atoms with Crippen molar-refractivity contribution < 1.29 is 26.4 Å². The zero-order valence-corrected chi connectivity index (χ0v) is 11.8. The first kappa shape index (κ1) is 14.8. The summed E-state index contributed by atoms with van der Waals surface area (Å²) in [5.74, 6) is -6.42. The fraction of sp³-hybridized carbons (Fsp3) is 0.385. The summed E-state index contributed by atoms with van der Waals surface area (Å²) in [4.78, 5) is 13.2. The highest BCUT2D eigenvalue weighted by molar-refractivity contribution is 7.91. The van der Waals surface area contributed by atoms with Crippen LogP contribution in [0.15, 0.2) is 6.07 Å². The van der Waals surface area contributed by atoms with Gasteiger partial charge >= 0.3 is 0 Å². The smallest absolute Gasteiger partial charge is 0.258 e. The normalized spacial score (nSPS) is 26.1. The Bertz CT molecular complexity index is 832. The van der Waals surface area contributed by atoms with Crippen LogP contribution in [0.1, 0.15) is 28.4 Å². The van der Waals surface area contributed by atoms with Crippen LogP contribution in [0.25, 0.3) is 0 Å². The van der Waals surface area contributed by atoms with Crippen molar-refractivity contribution in [3.8, 4) is 6.07 Å². The van der Waals surface area contributed by atoms with Gasteiger partial charge in [-0.15, -0.1) is 0 Å². The molecule has 0 aliphatic carbocycles. The molecule has 2 aliphatic rings. The number of benzene rings is 1. The first-order chi connectivity index (χ1) is 10.3. The summed E-state index contributed by atoms with van der Waals surface area (Å²) in [6.45, 7) is 0. The number of amides is 1. The van der Waals surface area contributed by atoms with Crippen molar-refractivity contribution in [2.45, 2.75) is 18.5 Å². The molecule has 2 aliphatic heterocycles. The van der Waals surface area contributed by atoms with Crippen molar-refractivity contribution in [2.24, 2.45) is 0 Å². The van der Waals surface area contributed by atoms with Crippen molar-refractivity contribution in [3.05, 3.63) is 34.6 Å². The molecule has 1 aromatic carbocycles. The molecule has 0 spiro atoms. The van der Waals surface area contributed by atoms with Crippen LogP contribution in [0.4, 0.5) is 13.2 Å². The highest BCUT2D eigenvalue weighted by atomic mass is 32.2. The van der Waals surface area contributed by atoms with E-state index in [9.17, 15) is 31.6 Å². The number of halogens is 3. The van der Waals surface area contributed by atoms with E-state index in [0.29, 0.717) is 6.07 Å². The van der Waals surface area contributed by atoms with E-state index < -0.39 is 50.8 Å². The Morgan fingerprint density at radius 2 is 1.95 bits per heavy atom. The largest absolute Gasteiger partial charge is 0.314 e. The second-order valence-corrected chi connectivity index (χ2v) is 7.48. The third-order valence-corrected chi connectivity index (χ3v) is 5.69. The van der Waals surface area contributed by atoms with Gasteiger partial charge in [0.2, 0.25) is 0 Å². The average Bonchev–Trinajstić information content (AvgIpc) is 2.93. The Hall–Kier alpha value is -2.08. The van der Waals surface area contributed by atoms with E-state index in [2.05, 4.69) is 0 Å². The summed E-state index contributed by atoms with van der Waals surface area (Å²) < 4.78 is 63.6. The standard InChI is InChI=1S/C13H9F3N2O3S/c14-8-3-7-9(4-17)18(6-1-2-22(20,21)5-6)13(19)10(7)12(16)11(8)15/h3,6,9H,1-2,5H2. The molecule has 22 heavy (non-hydrogen) atoms. The van der Waals surface area contributed by atoms with Gasteiger partial charge < -0.3 is 4.90 Å². The minimum Gasteiger partial charge on any atom is -0.314 e. The number of carbonyl (C=O) groups excluding carboxylic acids is 1. The molecule has 9 heteroatoms. The predicted molar refractivity (Wildman–Crippen MR) is 67.9 cm³/mol. The number of rotatable bonds is 1. The third-order valence-electron chi connectivity index (χ3n) is 3.94. The van der Waals surface area contributed by atoms with Gasteiger partial charge in [-0.2, -0.15) is 5.26 Å². The van der Waals surface area contributed by atoms with Gasteiger partial charge in [0.05, 0.1) is 23.1 Å². The minimum absolute atomic E-state index is 0.104. The van der Waals surface area contributed by atoms with Gasteiger partial charge in [-0.05, 0) is 12.5 Å². The molecule has 0 aromatic heterocycles. The monoisotopic (exact) mass is 330 g/mol. The molecule has 1 aromatic rings. The number of hydrogen-bond donors (Lipinski definition) is 0. The van der Waals surface area contributed by atoms with E-state index in [1.807, 2.05) is 0 Å². The Balaban J connectivity index is 2.12. The van der Waals surface area contributed by atoms with Crippen molar-refractivity contribution >= 4 is 15.7 Å². The first-order valence-electron chi connectivity index (χ1n) is 6.37. The van der Waals surface area contributed by atoms with Crippen LogP contribution in [0.2, 0.25) is 0 Å². The lowest BCUT2D eigenvalue weighted by atomic mass is 10.0. The van der Waals surface area contributed by atoms with Gasteiger partial charge in [-0.3, -0.25) is 4.79 Å². The fourth-order valence-corrected chi connectivity index (χ4v) is 4.66. The van der Waals surface area contributed by atoms with E-state index in [-0.39, 0.29) is 23.5 Å². The number of carbonyl (C=O) groups is 1. The summed E-state index contributed by atoms with van der Waals surface area (Å²) in [5.41, 5.74) is -0.969. The number of fused-ring (bicyclic) bond motifs is 1. The van der Waals surface area contributed by atoms with Gasteiger partial charge in [0.1, 0.15) is 6.04 Å². The Kier molecular flexibility index (Phi) is 3.18. The SMILES string of the molecule is N#CC1c2cc(F)c(F)c(F)c2C(=O)N1C1CCS(=O)(=O)C1. The molecule has 0 bridgehead atoms. The highest BCUT2D eigenvalue weighted by Crippen LogP contribution is 2.39. The van der Waals surface area contributed by atoms with Crippen molar-refractivity contribution in [3.63, 3.8) is 0 Å². The van der Waals surface area contributed by atoms with Crippen LogP contribution in [-0.2, 0) is 9.84 Å². The van der Waals surface area contributed by atoms with E-state index in [4.69, 9.17) is 0 Å². The Labute approximate surface area is 123 Å². The van der Waals surface area contributed by atoms with Crippen LogP contribution < -0.4 is 0 Å². The molecule has 3 rings (SSSR count). The summed E-state index contributed by atoms with van der Waals surface area (Å²) in [6.07, 6.45) is 0.104. The fourth-order valence-electron chi connectivity index (χ4n) is 2.95. The molecular formula is C13H9F3N2O3S. The van der Waals surface area contributed by atoms with Crippen molar-refractivity contribution in [2.75, 3.05) is 11.5 Å². The zero-order valence-electron chi connectivity index (χ0n) is 11.0. The first-order valence-corrected chi connectivity index (χ1v) is 8.19. The topological polar surface area (TPSA) is 78.2 Å². The second-order valence-electron chi connectivity index (χ2n) is 5.25. The maximum Gasteiger partial charge on any atom is 0.258 e. The van der Waals surface area contributed by atoms with Crippen LogP contribution in [0.5, 0.6) is 0 Å². The lowest BCUT2D eigenvalue weighted by Gasteiger charge is -2.26. The summed E-state index contributed by atoms with van der Waals surface area (Å²) in [5, 5.41) is 9.21. The van der Waals surface area contributed by atoms with Gasteiger partial charge in [0.15, 0.2) is 27.3 Å². The maximum atomic E-state index is 13.8. The van der Waals surface area contributed by atoms with E-state index in [0.717, 1.165) is 4.90 Å².